The highest BCUT2D eigenvalue weighted by molar-refractivity contribution is 7.88. The third-order valence-electron chi connectivity index (χ3n) is 3.19. The molecule has 0 aliphatic heterocycles. The van der Waals surface area contributed by atoms with E-state index in [1.54, 1.807) is 0 Å². The van der Waals surface area contributed by atoms with Gasteiger partial charge in [-0.15, -0.1) is 0 Å². The van der Waals surface area contributed by atoms with Crippen LogP contribution in [0.4, 0.5) is 13.2 Å². The van der Waals surface area contributed by atoms with Crippen LogP contribution in [0.15, 0.2) is 48.5 Å². The molecule has 0 N–H and O–H groups in total. The molecule has 0 fully saturated rings. The van der Waals surface area contributed by atoms with E-state index < -0.39 is 15.6 Å². The zero-order valence-corrected chi connectivity index (χ0v) is 13.1. The predicted octanol–water partition coefficient (Wildman–Crippen LogP) is 4.53. The molecule has 0 saturated heterocycles. The molecule has 2 aromatic carbocycles. The van der Waals surface area contributed by atoms with Gasteiger partial charge in [0.15, 0.2) is 0 Å². The van der Waals surface area contributed by atoms with E-state index in [0.717, 1.165) is 29.5 Å². The molecule has 0 radical (unpaired) electrons. The number of alkyl halides is 3. The standard InChI is InChI=1S/C16H15F3O3S/c1-2-5-12-6-3-4-7-15(12)13-8-10-14(11-9-13)22-23(20,21)16(17,18)19/h3-4,6-11H,2,5H2,1H3. The Morgan fingerprint density at radius 1 is 1.00 bits per heavy atom. The lowest BCUT2D eigenvalue weighted by Gasteiger charge is -2.11. The molecule has 0 saturated carbocycles. The van der Waals surface area contributed by atoms with Crippen molar-refractivity contribution in [2.24, 2.45) is 0 Å². The third kappa shape index (κ3) is 4.04. The minimum absolute atomic E-state index is 0.376. The maximum atomic E-state index is 12.3. The van der Waals surface area contributed by atoms with E-state index >= 15 is 0 Å². The number of aryl methyl sites for hydroxylation is 1. The summed E-state index contributed by atoms with van der Waals surface area (Å²) in [4.78, 5) is 0. The minimum atomic E-state index is -5.65. The fourth-order valence-electron chi connectivity index (χ4n) is 2.15. The number of hydrogen-bond donors (Lipinski definition) is 0. The molecule has 0 spiro atoms. The Morgan fingerprint density at radius 3 is 2.17 bits per heavy atom. The van der Waals surface area contributed by atoms with E-state index in [1.165, 1.54) is 24.3 Å². The normalized spacial score (nSPS) is 12.2. The van der Waals surface area contributed by atoms with Crippen LogP contribution in [-0.2, 0) is 16.5 Å². The average Bonchev–Trinajstić information content (AvgIpc) is 2.48. The Balaban J connectivity index is 2.27. The summed E-state index contributed by atoms with van der Waals surface area (Å²) in [7, 11) is -5.65. The smallest absolute Gasteiger partial charge is 0.376 e. The topological polar surface area (TPSA) is 43.4 Å². The molecule has 2 rings (SSSR count). The van der Waals surface area contributed by atoms with Crippen LogP contribution in [0.25, 0.3) is 11.1 Å². The van der Waals surface area contributed by atoms with Crippen LogP contribution >= 0.6 is 0 Å². The SMILES string of the molecule is CCCc1ccccc1-c1ccc(OS(=O)(=O)C(F)(F)F)cc1. The molecule has 0 aliphatic rings. The van der Waals surface area contributed by atoms with Crippen molar-refractivity contribution < 1.29 is 25.8 Å². The van der Waals surface area contributed by atoms with Crippen molar-refractivity contribution in [2.45, 2.75) is 25.3 Å². The van der Waals surface area contributed by atoms with Gasteiger partial charge in [-0.3, -0.25) is 0 Å². The monoisotopic (exact) mass is 344 g/mol. The second kappa shape index (κ2) is 6.62. The number of hydrogen-bond acceptors (Lipinski definition) is 3. The van der Waals surface area contributed by atoms with Crippen LogP contribution in [-0.4, -0.2) is 13.9 Å². The number of rotatable bonds is 5. The zero-order chi connectivity index (χ0) is 17.1. The lowest BCUT2D eigenvalue weighted by Crippen LogP contribution is -2.28. The quantitative estimate of drug-likeness (QED) is 0.591. The van der Waals surface area contributed by atoms with Crippen molar-refractivity contribution >= 4 is 10.1 Å². The predicted molar refractivity (Wildman–Crippen MR) is 81.5 cm³/mol. The van der Waals surface area contributed by atoms with Gasteiger partial charge in [0, 0.05) is 0 Å². The first-order chi connectivity index (χ1) is 10.7. The van der Waals surface area contributed by atoms with Gasteiger partial charge in [0.2, 0.25) is 0 Å². The summed E-state index contributed by atoms with van der Waals surface area (Å²) in [6, 6.07) is 13.2. The molecular weight excluding hydrogens is 329 g/mol. The molecule has 7 heteroatoms. The highest BCUT2D eigenvalue weighted by Gasteiger charge is 2.48. The van der Waals surface area contributed by atoms with Gasteiger partial charge in [-0.05, 0) is 35.2 Å². The van der Waals surface area contributed by atoms with E-state index in [9.17, 15) is 21.6 Å². The van der Waals surface area contributed by atoms with E-state index in [4.69, 9.17) is 0 Å². The van der Waals surface area contributed by atoms with Gasteiger partial charge >= 0.3 is 15.6 Å². The van der Waals surface area contributed by atoms with E-state index in [2.05, 4.69) is 11.1 Å². The molecule has 0 unspecified atom stereocenters. The Labute approximate surface area is 132 Å². The van der Waals surface area contributed by atoms with Crippen LogP contribution in [0.3, 0.4) is 0 Å². The van der Waals surface area contributed by atoms with Crippen molar-refractivity contribution in [3.05, 3.63) is 54.1 Å². The van der Waals surface area contributed by atoms with Gasteiger partial charge < -0.3 is 4.18 Å². The van der Waals surface area contributed by atoms with Crippen molar-refractivity contribution in [2.75, 3.05) is 0 Å². The summed E-state index contributed by atoms with van der Waals surface area (Å²) >= 11 is 0. The molecule has 0 heterocycles. The summed E-state index contributed by atoms with van der Waals surface area (Å²) in [6.07, 6.45) is 1.83. The van der Waals surface area contributed by atoms with Gasteiger partial charge in [-0.25, -0.2) is 0 Å². The molecule has 2 aromatic rings. The summed E-state index contributed by atoms with van der Waals surface area (Å²) in [6.45, 7) is 2.05. The highest BCUT2D eigenvalue weighted by atomic mass is 32.2. The molecule has 0 bridgehead atoms. The van der Waals surface area contributed by atoms with E-state index in [0.29, 0.717) is 0 Å². The highest BCUT2D eigenvalue weighted by Crippen LogP contribution is 2.30. The maximum Gasteiger partial charge on any atom is 0.534 e. The van der Waals surface area contributed by atoms with Crippen LogP contribution < -0.4 is 4.18 Å². The molecule has 3 nitrogen and oxygen atoms in total. The van der Waals surface area contributed by atoms with Crippen molar-refractivity contribution in [1.82, 2.24) is 0 Å². The van der Waals surface area contributed by atoms with Gasteiger partial charge in [-0.1, -0.05) is 49.7 Å². The molecule has 23 heavy (non-hydrogen) atoms. The Bertz CT molecular complexity index is 766. The summed E-state index contributed by atoms with van der Waals surface area (Å²) in [5, 5.41) is 0. The fraction of sp³-hybridized carbons (Fsp3) is 0.250. The third-order valence-corrected chi connectivity index (χ3v) is 4.17. The Morgan fingerprint density at radius 2 is 1.61 bits per heavy atom. The molecule has 0 aromatic heterocycles. The molecule has 0 aliphatic carbocycles. The molecular formula is C16H15F3O3S. The lowest BCUT2D eigenvalue weighted by atomic mass is 9.97. The van der Waals surface area contributed by atoms with E-state index in [1.807, 2.05) is 24.3 Å². The molecule has 124 valence electrons. The van der Waals surface area contributed by atoms with Crippen LogP contribution in [0.5, 0.6) is 5.75 Å². The van der Waals surface area contributed by atoms with Crippen molar-refractivity contribution in [1.29, 1.82) is 0 Å². The first kappa shape index (κ1) is 17.3. The zero-order valence-electron chi connectivity index (χ0n) is 12.3. The first-order valence-corrected chi connectivity index (χ1v) is 8.34. The number of halogens is 3. The van der Waals surface area contributed by atoms with Crippen LogP contribution in [0.1, 0.15) is 18.9 Å². The largest absolute Gasteiger partial charge is 0.534 e. The average molecular weight is 344 g/mol. The summed E-state index contributed by atoms with van der Waals surface area (Å²) in [5.74, 6) is -0.376. The lowest BCUT2D eigenvalue weighted by molar-refractivity contribution is -0.0500. The minimum Gasteiger partial charge on any atom is -0.376 e. The molecule has 0 amide bonds. The van der Waals surface area contributed by atoms with Gasteiger partial charge in [0.05, 0.1) is 0 Å². The van der Waals surface area contributed by atoms with Crippen LogP contribution in [0.2, 0.25) is 0 Å². The van der Waals surface area contributed by atoms with Gasteiger partial charge in [0.25, 0.3) is 0 Å². The second-order valence-corrected chi connectivity index (χ2v) is 6.45. The first-order valence-electron chi connectivity index (χ1n) is 6.93. The van der Waals surface area contributed by atoms with E-state index in [-0.39, 0.29) is 5.75 Å². The fourth-order valence-corrected chi connectivity index (χ4v) is 2.61. The maximum absolute atomic E-state index is 12.3. The second-order valence-electron chi connectivity index (χ2n) is 4.91. The van der Waals surface area contributed by atoms with Crippen molar-refractivity contribution in [3.63, 3.8) is 0 Å². The molecule has 0 atom stereocenters. The van der Waals surface area contributed by atoms with Gasteiger partial charge in [0.1, 0.15) is 5.75 Å². The Kier molecular flexibility index (Phi) is 4.99. The summed E-state index contributed by atoms with van der Waals surface area (Å²) < 4.78 is 62.9. The van der Waals surface area contributed by atoms with Crippen LogP contribution in [0, 0.1) is 0 Å². The number of benzene rings is 2. The van der Waals surface area contributed by atoms with Gasteiger partial charge in [-0.2, -0.15) is 21.6 Å². The summed E-state index contributed by atoms with van der Waals surface area (Å²) in [5.41, 5.74) is -2.59. The Hall–Kier alpha value is -2.02. The van der Waals surface area contributed by atoms with Crippen molar-refractivity contribution in [3.8, 4) is 16.9 Å².